The fourth-order valence-corrected chi connectivity index (χ4v) is 2.19. The molecular formula is C12H24O. The van der Waals surface area contributed by atoms with Crippen molar-refractivity contribution in [3.63, 3.8) is 0 Å². The average Bonchev–Trinajstić information content (AvgIpc) is 2.50. The monoisotopic (exact) mass is 184 g/mol. The molecule has 0 spiro atoms. The Morgan fingerprint density at radius 3 is 2.00 bits per heavy atom. The quantitative estimate of drug-likeness (QED) is 0.648. The minimum absolute atomic E-state index is 0.226. The lowest BCUT2D eigenvalue weighted by atomic mass is 9.88. The zero-order valence-electron chi connectivity index (χ0n) is 9.60. The maximum atomic E-state index is 6.11. The average molecular weight is 184 g/mol. The van der Waals surface area contributed by atoms with Crippen LogP contribution in [0.4, 0.5) is 0 Å². The largest absolute Gasteiger partial charge is 0.374 e. The molecule has 0 bridgehead atoms. The Bertz CT molecular complexity index is 143. The molecule has 0 aromatic rings. The van der Waals surface area contributed by atoms with Crippen LogP contribution in [0.1, 0.15) is 53.4 Å². The van der Waals surface area contributed by atoms with E-state index in [9.17, 15) is 0 Å². The molecule has 0 unspecified atom stereocenters. The van der Waals surface area contributed by atoms with Gasteiger partial charge in [0.2, 0.25) is 0 Å². The summed E-state index contributed by atoms with van der Waals surface area (Å²) in [5, 5.41) is 0. The SMILES string of the molecule is CC(C)COC1(C(C)C)CCCC1. The normalized spacial score (nSPS) is 21.7. The zero-order chi connectivity index (χ0) is 9.90. The van der Waals surface area contributed by atoms with Crippen LogP contribution in [0, 0.1) is 11.8 Å². The van der Waals surface area contributed by atoms with Gasteiger partial charge in [0.15, 0.2) is 0 Å². The Hall–Kier alpha value is -0.0400. The van der Waals surface area contributed by atoms with E-state index in [2.05, 4.69) is 27.7 Å². The van der Waals surface area contributed by atoms with E-state index < -0.39 is 0 Å². The summed E-state index contributed by atoms with van der Waals surface area (Å²) in [5.74, 6) is 1.34. The van der Waals surface area contributed by atoms with Gasteiger partial charge in [-0.05, 0) is 24.7 Å². The molecule has 1 saturated carbocycles. The molecule has 1 heteroatoms. The van der Waals surface area contributed by atoms with E-state index in [-0.39, 0.29) is 5.60 Å². The molecule has 0 amide bonds. The van der Waals surface area contributed by atoms with Gasteiger partial charge in [-0.3, -0.25) is 0 Å². The maximum absolute atomic E-state index is 6.11. The molecule has 1 nitrogen and oxygen atoms in total. The molecule has 0 N–H and O–H groups in total. The van der Waals surface area contributed by atoms with Gasteiger partial charge in [0.1, 0.15) is 0 Å². The fraction of sp³-hybridized carbons (Fsp3) is 1.00. The highest BCUT2D eigenvalue weighted by atomic mass is 16.5. The van der Waals surface area contributed by atoms with Gasteiger partial charge in [-0.2, -0.15) is 0 Å². The van der Waals surface area contributed by atoms with E-state index in [0.29, 0.717) is 11.8 Å². The van der Waals surface area contributed by atoms with Gasteiger partial charge >= 0.3 is 0 Å². The highest BCUT2D eigenvalue weighted by Gasteiger charge is 2.37. The summed E-state index contributed by atoms with van der Waals surface area (Å²) in [5.41, 5.74) is 0.226. The fourth-order valence-electron chi connectivity index (χ4n) is 2.19. The lowest BCUT2D eigenvalue weighted by molar-refractivity contribution is -0.0829. The van der Waals surface area contributed by atoms with Crippen LogP contribution in [-0.2, 0) is 4.74 Å². The zero-order valence-corrected chi connectivity index (χ0v) is 9.60. The molecule has 0 heterocycles. The molecular weight excluding hydrogens is 160 g/mol. The van der Waals surface area contributed by atoms with E-state index in [1.165, 1.54) is 25.7 Å². The first-order valence-corrected chi connectivity index (χ1v) is 5.71. The topological polar surface area (TPSA) is 9.23 Å². The first-order chi connectivity index (χ1) is 6.07. The Kier molecular flexibility index (Phi) is 3.78. The van der Waals surface area contributed by atoms with Crippen molar-refractivity contribution in [3.8, 4) is 0 Å². The third kappa shape index (κ3) is 2.70. The molecule has 0 atom stereocenters. The van der Waals surface area contributed by atoms with Crippen molar-refractivity contribution >= 4 is 0 Å². The molecule has 1 fully saturated rings. The lowest BCUT2D eigenvalue weighted by Gasteiger charge is -2.34. The van der Waals surface area contributed by atoms with E-state index in [4.69, 9.17) is 4.74 Å². The van der Waals surface area contributed by atoms with Gasteiger partial charge < -0.3 is 4.74 Å². The Balaban J connectivity index is 2.47. The van der Waals surface area contributed by atoms with Crippen LogP contribution in [0.2, 0.25) is 0 Å². The molecule has 0 aromatic heterocycles. The Labute approximate surface area is 82.9 Å². The molecule has 1 aliphatic rings. The molecule has 1 aliphatic carbocycles. The number of ether oxygens (including phenoxy) is 1. The second-order valence-electron chi connectivity index (χ2n) is 5.13. The predicted molar refractivity (Wildman–Crippen MR) is 56.8 cm³/mol. The van der Waals surface area contributed by atoms with Crippen molar-refractivity contribution in [3.05, 3.63) is 0 Å². The van der Waals surface area contributed by atoms with Crippen molar-refractivity contribution in [2.45, 2.75) is 59.0 Å². The minimum Gasteiger partial charge on any atom is -0.374 e. The summed E-state index contributed by atoms with van der Waals surface area (Å²) in [6.45, 7) is 9.97. The highest BCUT2D eigenvalue weighted by molar-refractivity contribution is 4.89. The van der Waals surface area contributed by atoms with E-state index in [1.54, 1.807) is 0 Å². The van der Waals surface area contributed by atoms with Gasteiger partial charge in [-0.1, -0.05) is 40.5 Å². The summed E-state index contributed by atoms with van der Waals surface area (Å²) in [6, 6.07) is 0. The number of hydrogen-bond donors (Lipinski definition) is 0. The second kappa shape index (κ2) is 4.45. The lowest BCUT2D eigenvalue weighted by Crippen LogP contribution is -2.36. The van der Waals surface area contributed by atoms with E-state index in [0.717, 1.165) is 6.61 Å². The number of hydrogen-bond acceptors (Lipinski definition) is 1. The standard InChI is InChI=1S/C12H24O/c1-10(2)9-13-12(11(3)4)7-5-6-8-12/h10-11H,5-9H2,1-4H3. The van der Waals surface area contributed by atoms with Crippen molar-refractivity contribution < 1.29 is 4.74 Å². The summed E-state index contributed by atoms with van der Waals surface area (Å²) in [6.07, 6.45) is 5.27. The number of rotatable bonds is 4. The van der Waals surface area contributed by atoms with E-state index in [1.807, 2.05) is 0 Å². The van der Waals surface area contributed by atoms with Crippen LogP contribution in [0.15, 0.2) is 0 Å². The van der Waals surface area contributed by atoms with Gasteiger partial charge in [0, 0.05) is 6.61 Å². The second-order valence-corrected chi connectivity index (χ2v) is 5.13. The highest BCUT2D eigenvalue weighted by Crippen LogP contribution is 2.39. The molecule has 0 radical (unpaired) electrons. The van der Waals surface area contributed by atoms with E-state index >= 15 is 0 Å². The van der Waals surface area contributed by atoms with Crippen molar-refractivity contribution in [2.24, 2.45) is 11.8 Å². The third-order valence-electron chi connectivity index (χ3n) is 3.21. The maximum Gasteiger partial charge on any atom is 0.0705 e. The predicted octanol–water partition coefficient (Wildman–Crippen LogP) is 3.63. The smallest absolute Gasteiger partial charge is 0.0705 e. The van der Waals surface area contributed by atoms with Crippen LogP contribution in [0.25, 0.3) is 0 Å². The van der Waals surface area contributed by atoms with Crippen molar-refractivity contribution in [2.75, 3.05) is 6.61 Å². The molecule has 13 heavy (non-hydrogen) atoms. The summed E-state index contributed by atoms with van der Waals surface area (Å²) >= 11 is 0. The first kappa shape index (κ1) is 11.0. The summed E-state index contributed by atoms with van der Waals surface area (Å²) in [7, 11) is 0. The first-order valence-electron chi connectivity index (χ1n) is 5.71. The van der Waals surface area contributed by atoms with Crippen LogP contribution in [-0.4, -0.2) is 12.2 Å². The van der Waals surface area contributed by atoms with Gasteiger partial charge in [-0.15, -0.1) is 0 Å². The molecule has 0 aliphatic heterocycles. The van der Waals surface area contributed by atoms with Crippen molar-refractivity contribution in [1.29, 1.82) is 0 Å². The van der Waals surface area contributed by atoms with Crippen LogP contribution in [0.5, 0.6) is 0 Å². The molecule has 78 valence electrons. The molecule has 0 aromatic carbocycles. The van der Waals surface area contributed by atoms with Crippen LogP contribution < -0.4 is 0 Å². The van der Waals surface area contributed by atoms with Gasteiger partial charge in [0.05, 0.1) is 5.60 Å². The molecule has 0 saturated heterocycles. The van der Waals surface area contributed by atoms with Crippen LogP contribution in [0.3, 0.4) is 0 Å². The Morgan fingerprint density at radius 2 is 1.62 bits per heavy atom. The van der Waals surface area contributed by atoms with Gasteiger partial charge in [-0.25, -0.2) is 0 Å². The summed E-state index contributed by atoms with van der Waals surface area (Å²) in [4.78, 5) is 0. The molecule has 1 rings (SSSR count). The van der Waals surface area contributed by atoms with Crippen molar-refractivity contribution in [1.82, 2.24) is 0 Å². The van der Waals surface area contributed by atoms with Crippen LogP contribution >= 0.6 is 0 Å². The Morgan fingerprint density at radius 1 is 1.08 bits per heavy atom. The van der Waals surface area contributed by atoms with Gasteiger partial charge in [0.25, 0.3) is 0 Å². The summed E-state index contributed by atoms with van der Waals surface area (Å²) < 4.78 is 6.11. The third-order valence-corrected chi connectivity index (χ3v) is 3.21. The minimum atomic E-state index is 0.226.